The molecule has 1 aliphatic heterocycles. The van der Waals surface area contributed by atoms with Crippen LogP contribution in [0.2, 0.25) is 0 Å². The summed E-state index contributed by atoms with van der Waals surface area (Å²) in [6.45, 7) is 62.9. The molecule has 5 nitrogen and oxygen atoms in total. The van der Waals surface area contributed by atoms with Gasteiger partial charge in [-0.1, -0.05) is 347 Å². The van der Waals surface area contributed by atoms with Gasteiger partial charge in [0.2, 0.25) is 0 Å². The molecular formula is C95H131FN2O3. The molecule has 8 aromatic carbocycles. The Morgan fingerprint density at radius 2 is 0.663 bits per heavy atom. The molecule has 0 bridgehead atoms. The number of ketones is 1. The van der Waals surface area contributed by atoms with E-state index in [2.05, 4.69) is 302 Å². The number of methoxy groups -OCH3 is 1. The number of rotatable bonds is 3. The van der Waals surface area contributed by atoms with Gasteiger partial charge in [-0.2, -0.15) is 0 Å². The lowest BCUT2D eigenvalue weighted by Gasteiger charge is -2.29. The molecule has 0 aliphatic carbocycles. The zero-order valence-electron chi connectivity index (χ0n) is 68.2. The molecule has 9 aromatic rings. The summed E-state index contributed by atoms with van der Waals surface area (Å²) >= 11 is 0. The maximum Gasteiger partial charge on any atom is 0.337 e. The Hall–Kier alpha value is -7.96. The summed E-state index contributed by atoms with van der Waals surface area (Å²) in [4.78, 5) is 28.9. The van der Waals surface area contributed by atoms with Crippen molar-refractivity contribution in [1.82, 2.24) is 4.98 Å². The predicted molar refractivity (Wildman–Crippen MR) is 438 cm³/mol. The quantitative estimate of drug-likeness (QED) is 0.130. The molecule has 0 spiro atoms. The van der Waals surface area contributed by atoms with Crippen LogP contribution in [0.5, 0.6) is 0 Å². The monoisotopic (exact) mass is 1370 g/mol. The first-order valence-electron chi connectivity index (χ1n) is 36.5. The van der Waals surface area contributed by atoms with Crippen LogP contribution >= 0.6 is 0 Å². The number of hydrogen-bond donors (Lipinski definition) is 0. The number of ether oxygens (including phenoxy) is 1. The van der Waals surface area contributed by atoms with Gasteiger partial charge in [-0.05, 0) is 171 Å². The van der Waals surface area contributed by atoms with E-state index in [-0.39, 0.29) is 60.9 Å². The highest BCUT2D eigenvalue weighted by Crippen LogP contribution is 2.31. The first-order chi connectivity index (χ1) is 46.5. The van der Waals surface area contributed by atoms with Crippen LogP contribution in [0, 0.1) is 26.6 Å². The molecule has 2 heterocycles. The maximum atomic E-state index is 13.1. The number of benzene rings is 8. The van der Waals surface area contributed by atoms with E-state index in [1.54, 1.807) is 25.1 Å². The summed E-state index contributed by atoms with van der Waals surface area (Å²) in [6.07, 6.45) is 7.99. The lowest BCUT2D eigenvalue weighted by molar-refractivity contribution is 0.0600. The second-order valence-corrected chi connectivity index (χ2v) is 35.3. The van der Waals surface area contributed by atoms with Crippen LogP contribution in [0.15, 0.2) is 207 Å². The molecule has 0 saturated carbocycles. The van der Waals surface area contributed by atoms with Crippen molar-refractivity contribution in [2.75, 3.05) is 25.1 Å². The van der Waals surface area contributed by atoms with Crippen LogP contribution in [0.3, 0.4) is 0 Å². The fourth-order valence-electron chi connectivity index (χ4n) is 10.7. The molecule has 0 amide bonds. The number of hydrogen-bond acceptors (Lipinski definition) is 5. The van der Waals surface area contributed by atoms with Gasteiger partial charge in [0.05, 0.1) is 12.7 Å². The number of Topliss-reactive ketones (excluding diaryl/α,β-unsaturated/α-hetero) is 1. The second kappa shape index (κ2) is 38.3. The molecule has 0 atom stereocenters. The zero-order valence-corrected chi connectivity index (χ0v) is 68.2. The number of aromatic nitrogens is 1. The van der Waals surface area contributed by atoms with Gasteiger partial charge in [0.15, 0.2) is 5.78 Å². The molecule has 0 radical (unpaired) electrons. The highest BCUT2D eigenvalue weighted by atomic mass is 19.1. The molecule has 6 heteroatoms. The van der Waals surface area contributed by atoms with Crippen LogP contribution in [0.4, 0.5) is 10.1 Å². The van der Waals surface area contributed by atoms with E-state index in [1.807, 2.05) is 81.7 Å². The first kappa shape index (κ1) is 87.3. The largest absolute Gasteiger partial charge is 0.465 e. The normalized spacial score (nSPS) is 12.5. The zero-order chi connectivity index (χ0) is 76.5. The highest BCUT2D eigenvalue weighted by molar-refractivity contribution is 5.94. The van der Waals surface area contributed by atoms with Crippen molar-refractivity contribution in [1.29, 1.82) is 0 Å². The Kier molecular flexibility index (Phi) is 33.1. The third kappa shape index (κ3) is 31.4. The fourth-order valence-corrected chi connectivity index (χ4v) is 10.7. The number of halogens is 1. The third-order valence-electron chi connectivity index (χ3n) is 17.7. The minimum atomic E-state index is -0.287. The predicted octanol–water partition coefficient (Wildman–Crippen LogP) is 26.5. The lowest BCUT2D eigenvalue weighted by Crippen LogP contribution is -2.29. The van der Waals surface area contributed by atoms with E-state index in [1.165, 1.54) is 118 Å². The summed E-state index contributed by atoms with van der Waals surface area (Å²) in [6, 6.07) is 66.0. The van der Waals surface area contributed by atoms with Crippen molar-refractivity contribution in [3.63, 3.8) is 0 Å². The summed E-state index contributed by atoms with van der Waals surface area (Å²) in [7, 11) is 1.39. The molecule has 546 valence electrons. The van der Waals surface area contributed by atoms with Gasteiger partial charge in [0.25, 0.3) is 0 Å². The van der Waals surface area contributed by atoms with E-state index >= 15 is 0 Å². The molecule has 1 fully saturated rings. The summed E-state index contributed by atoms with van der Waals surface area (Å²) < 4.78 is 17.7. The lowest BCUT2D eigenvalue weighted by atomic mass is 9.85. The van der Waals surface area contributed by atoms with Crippen LogP contribution < -0.4 is 4.90 Å². The van der Waals surface area contributed by atoms with Crippen molar-refractivity contribution < 1.29 is 18.7 Å². The van der Waals surface area contributed by atoms with Crippen molar-refractivity contribution in [3.8, 4) is 0 Å². The van der Waals surface area contributed by atoms with Gasteiger partial charge in [-0.3, -0.25) is 9.78 Å². The minimum Gasteiger partial charge on any atom is -0.465 e. The number of carbonyl (C=O) groups is 2. The summed E-state index contributed by atoms with van der Waals surface area (Å²) in [5, 5.41) is 2.54. The SMILES string of the molecule is CC(=O)c1ccc(C(C)(C)C)cc1.CC(C)(C)c1ccc(N2CCCCC2)cc1.CC(C)(C)c1ccccc1F.CC(C)(C)c1cncc2ccccc12.COC(=O)c1ccc(C(C)(C)C)cc1.Cc1ccc(C(C)(C)C)cc1.Cc1ccc(C(C)(C)C)cc1.Cc1ccc(C(C)(C)C)cc1. The van der Waals surface area contributed by atoms with Gasteiger partial charge < -0.3 is 9.64 Å². The van der Waals surface area contributed by atoms with Crippen LogP contribution in [-0.2, 0) is 48.1 Å². The molecule has 10 rings (SSSR count). The molecule has 1 saturated heterocycles. The van der Waals surface area contributed by atoms with Crippen molar-refractivity contribution >= 4 is 28.2 Å². The maximum absolute atomic E-state index is 13.1. The van der Waals surface area contributed by atoms with Crippen molar-refractivity contribution in [3.05, 3.63) is 285 Å². The first-order valence-corrected chi connectivity index (χ1v) is 36.5. The number of aryl methyl sites for hydroxylation is 3. The molecule has 0 unspecified atom stereocenters. The van der Waals surface area contributed by atoms with Gasteiger partial charge in [-0.15, -0.1) is 0 Å². The number of fused-ring (bicyclic) bond motifs is 1. The van der Waals surface area contributed by atoms with Crippen LogP contribution in [0.25, 0.3) is 10.8 Å². The average Bonchev–Trinajstić information content (AvgIpc) is 0.830. The number of anilines is 1. The fraction of sp³-hybridized carbons (Fsp3) is 0.442. The number of carbonyl (C=O) groups excluding carboxylic acids is 2. The standard InChI is InChI=1S/C15H23N.C13H15N.C12H16O2.C12H16O.3C11H16.C10H13F/c1-15(2,3)13-7-9-14(10-8-13)16-11-5-4-6-12-16;1-13(2,3)12-9-14-8-10-6-4-5-7-11(10)12;1-12(2,3)10-7-5-9(6-8-10)11(13)14-4;1-9(13)10-5-7-11(8-6-10)12(2,3)4;3*1-9-5-7-10(8-6-9)11(2,3)4;1-10(2,3)8-6-4-5-7-9(8)11/h7-10H,4-6,11-12H2,1-3H3;4-9H,1-3H3;5-8H,1-4H3;5-8H,1-4H3;3*5-8H,1-4H3;4-7H,1-3H3. The Morgan fingerprint density at radius 1 is 0.356 bits per heavy atom. The van der Waals surface area contributed by atoms with E-state index < -0.39 is 0 Å². The number of nitrogens with zero attached hydrogens (tertiary/aromatic N) is 2. The Morgan fingerprint density at radius 3 is 0.970 bits per heavy atom. The van der Waals surface area contributed by atoms with E-state index in [0.717, 1.165) is 11.1 Å². The summed E-state index contributed by atoms with van der Waals surface area (Å²) in [5.41, 5.74) is 18.5. The van der Waals surface area contributed by atoms with Gasteiger partial charge in [0, 0.05) is 42.1 Å². The molecule has 0 N–H and O–H groups in total. The second-order valence-electron chi connectivity index (χ2n) is 35.3. The van der Waals surface area contributed by atoms with E-state index in [4.69, 9.17) is 0 Å². The van der Waals surface area contributed by atoms with Crippen molar-refractivity contribution in [2.45, 2.75) is 256 Å². The molecule has 1 aliphatic rings. The molecule has 101 heavy (non-hydrogen) atoms. The third-order valence-corrected chi connectivity index (χ3v) is 17.7. The van der Waals surface area contributed by atoms with E-state index in [9.17, 15) is 14.0 Å². The summed E-state index contributed by atoms with van der Waals surface area (Å²) in [5.74, 6) is -0.272. The van der Waals surface area contributed by atoms with E-state index in [0.29, 0.717) is 5.56 Å². The Balaban J connectivity index is 0.000000301. The van der Waals surface area contributed by atoms with Crippen molar-refractivity contribution in [2.24, 2.45) is 0 Å². The topological polar surface area (TPSA) is 59.5 Å². The Labute approximate surface area is 614 Å². The highest BCUT2D eigenvalue weighted by Gasteiger charge is 2.21. The van der Waals surface area contributed by atoms with Gasteiger partial charge >= 0.3 is 5.97 Å². The smallest absolute Gasteiger partial charge is 0.337 e. The number of esters is 1. The average molecular weight is 1370 g/mol. The molecular weight excluding hydrogens is 1240 g/mol. The van der Waals surface area contributed by atoms with Gasteiger partial charge in [-0.25, -0.2) is 9.18 Å². The molecule has 1 aromatic heterocycles. The van der Waals surface area contributed by atoms with Crippen LogP contribution in [0.1, 0.15) is 274 Å². The number of piperidine rings is 1. The minimum absolute atomic E-state index is 0.0919. The number of pyridine rings is 1. The van der Waals surface area contributed by atoms with Gasteiger partial charge in [0.1, 0.15) is 5.82 Å². The van der Waals surface area contributed by atoms with Crippen LogP contribution in [-0.4, -0.2) is 36.9 Å². The Bertz CT molecular complexity index is 3730.